The van der Waals surface area contributed by atoms with E-state index in [0.29, 0.717) is 5.92 Å². The van der Waals surface area contributed by atoms with E-state index in [1.165, 1.54) is 12.5 Å². The molecule has 80 valence electrons. The van der Waals surface area contributed by atoms with Gasteiger partial charge in [-0.15, -0.1) is 0 Å². The minimum absolute atomic E-state index is 0.0247. The smallest absolute Gasteiger partial charge is 0.243 e. The highest BCUT2D eigenvalue weighted by Gasteiger charge is 2.35. The van der Waals surface area contributed by atoms with Gasteiger partial charge in [-0.2, -0.15) is 0 Å². The number of nitrogens with one attached hydrogen (secondary N) is 1. The van der Waals surface area contributed by atoms with Crippen LogP contribution >= 0.6 is 0 Å². The number of carbonyl (C=O) groups is 1. The van der Waals surface area contributed by atoms with Crippen LogP contribution in [0.5, 0.6) is 0 Å². The summed E-state index contributed by atoms with van der Waals surface area (Å²) >= 11 is 0. The second kappa shape index (κ2) is 4.60. The van der Waals surface area contributed by atoms with Crippen LogP contribution in [0.2, 0.25) is 0 Å². The first kappa shape index (κ1) is 11.2. The summed E-state index contributed by atoms with van der Waals surface area (Å²) in [6.45, 7) is 5.60. The molecule has 0 bridgehead atoms. The standard InChI is InChI=1S/C11H19NO2/c1-3-10(14)12-11(8-13)6-4-5-9(2)7-11/h3,9,13H,1,4-8H2,2H3,(H,12,14). The highest BCUT2D eigenvalue weighted by Crippen LogP contribution is 2.31. The van der Waals surface area contributed by atoms with Gasteiger partial charge in [-0.05, 0) is 24.8 Å². The van der Waals surface area contributed by atoms with Crippen LogP contribution < -0.4 is 5.32 Å². The highest BCUT2D eigenvalue weighted by atomic mass is 16.3. The molecule has 2 unspecified atom stereocenters. The Balaban J connectivity index is 2.64. The summed E-state index contributed by atoms with van der Waals surface area (Å²) in [4.78, 5) is 11.2. The monoisotopic (exact) mass is 197 g/mol. The van der Waals surface area contributed by atoms with Crippen molar-refractivity contribution in [2.45, 2.75) is 38.1 Å². The fourth-order valence-corrected chi connectivity index (χ4v) is 2.27. The quantitative estimate of drug-likeness (QED) is 0.668. The summed E-state index contributed by atoms with van der Waals surface area (Å²) in [5, 5.41) is 12.2. The lowest BCUT2D eigenvalue weighted by atomic mass is 9.77. The van der Waals surface area contributed by atoms with Crippen molar-refractivity contribution in [1.29, 1.82) is 0 Å². The fraction of sp³-hybridized carbons (Fsp3) is 0.727. The van der Waals surface area contributed by atoms with Gasteiger partial charge >= 0.3 is 0 Å². The predicted octanol–water partition coefficient (Wildman–Crippen LogP) is 1.23. The lowest BCUT2D eigenvalue weighted by molar-refractivity contribution is -0.119. The third kappa shape index (κ3) is 2.58. The normalized spacial score (nSPS) is 32.3. The summed E-state index contributed by atoms with van der Waals surface area (Å²) in [7, 11) is 0. The van der Waals surface area contributed by atoms with Gasteiger partial charge in [-0.1, -0.05) is 26.3 Å². The number of amides is 1. The molecule has 14 heavy (non-hydrogen) atoms. The SMILES string of the molecule is C=CC(=O)NC1(CO)CCCC(C)C1. The Kier molecular flexibility index (Phi) is 3.69. The van der Waals surface area contributed by atoms with Crippen LogP contribution in [-0.2, 0) is 4.79 Å². The molecule has 1 amide bonds. The van der Waals surface area contributed by atoms with Crippen LogP contribution in [0.1, 0.15) is 32.6 Å². The molecule has 0 heterocycles. The number of carbonyl (C=O) groups excluding carboxylic acids is 1. The zero-order valence-electron chi connectivity index (χ0n) is 8.75. The van der Waals surface area contributed by atoms with Crippen LogP contribution in [-0.4, -0.2) is 23.2 Å². The van der Waals surface area contributed by atoms with E-state index in [9.17, 15) is 9.90 Å². The van der Waals surface area contributed by atoms with Crippen molar-refractivity contribution < 1.29 is 9.90 Å². The molecule has 3 heteroatoms. The van der Waals surface area contributed by atoms with Crippen molar-refractivity contribution in [3.8, 4) is 0 Å². The summed E-state index contributed by atoms with van der Waals surface area (Å²) in [5.41, 5.74) is -0.400. The van der Waals surface area contributed by atoms with Gasteiger partial charge in [-0.3, -0.25) is 4.79 Å². The lowest BCUT2D eigenvalue weighted by Crippen LogP contribution is -2.53. The highest BCUT2D eigenvalue weighted by molar-refractivity contribution is 5.87. The number of aliphatic hydroxyl groups excluding tert-OH is 1. The van der Waals surface area contributed by atoms with E-state index in [0.717, 1.165) is 19.3 Å². The Morgan fingerprint density at radius 1 is 1.79 bits per heavy atom. The van der Waals surface area contributed by atoms with Crippen LogP contribution in [0.4, 0.5) is 0 Å². The lowest BCUT2D eigenvalue weighted by Gasteiger charge is -2.39. The van der Waals surface area contributed by atoms with Crippen LogP contribution in [0.25, 0.3) is 0 Å². The topological polar surface area (TPSA) is 49.3 Å². The molecule has 0 aromatic carbocycles. The second-order valence-electron chi connectivity index (χ2n) is 4.33. The van der Waals surface area contributed by atoms with Gasteiger partial charge in [0.05, 0.1) is 12.1 Å². The van der Waals surface area contributed by atoms with E-state index in [1.807, 2.05) is 0 Å². The van der Waals surface area contributed by atoms with Gasteiger partial charge in [0.15, 0.2) is 0 Å². The van der Waals surface area contributed by atoms with E-state index >= 15 is 0 Å². The molecule has 2 atom stereocenters. The first-order chi connectivity index (χ1) is 6.62. The van der Waals surface area contributed by atoms with E-state index in [1.54, 1.807) is 0 Å². The summed E-state index contributed by atoms with van der Waals surface area (Å²) in [5.74, 6) is 0.383. The van der Waals surface area contributed by atoms with E-state index in [4.69, 9.17) is 0 Å². The minimum Gasteiger partial charge on any atom is -0.394 e. The molecule has 0 aromatic rings. The van der Waals surface area contributed by atoms with Crippen molar-refractivity contribution in [2.75, 3.05) is 6.61 Å². The number of aliphatic hydroxyl groups is 1. The van der Waals surface area contributed by atoms with E-state index < -0.39 is 5.54 Å². The Morgan fingerprint density at radius 2 is 2.50 bits per heavy atom. The number of rotatable bonds is 3. The maximum atomic E-state index is 11.2. The van der Waals surface area contributed by atoms with Gasteiger partial charge in [0, 0.05) is 0 Å². The third-order valence-electron chi connectivity index (χ3n) is 2.97. The molecule has 0 aliphatic heterocycles. The maximum absolute atomic E-state index is 11.2. The second-order valence-corrected chi connectivity index (χ2v) is 4.33. The van der Waals surface area contributed by atoms with Crippen molar-refractivity contribution >= 4 is 5.91 Å². The van der Waals surface area contributed by atoms with Crippen molar-refractivity contribution in [3.05, 3.63) is 12.7 Å². The summed E-state index contributed by atoms with van der Waals surface area (Å²) in [6, 6.07) is 0. The predicted molar refractivity (Wildman–Crippen MR) is 55.8 cm³/mol. The Hall–Kier alpha value is -0.830. The summed E-state index contributed by atoms with van der Waals surface area (Å²) in [6.07, 6.45) is 5.25. The molecular formula is C11H19NO2. The van der Waals surface area contributed by atoms with Crippen molar-refractivity contribution in [3.63, 3.8) is 0 Å². The number of hydrogen-bond acceptors (Lipinski definition) is 2. The molecule has 1 saturated carbocycles. The average molecular weight is 197 g/mol. The van der Waals surface area contributed by atoms with Crippen molar-refractivity contribution in [1.82, 2.24) is 5.32 Å². The fourth-order valence-electron chi connectivity index (χ4n) is 2.27. The molecule has 2 N–H and O–H groups in total. The van der Waals surface area contributed by atoms with Gasteiger partial charge < -0.3 is 10.4 Å². The largest absolute Gasteiger partial charge is 0.394 e. The number of hydrogen-bond donors (Lipinski definition) is 2. The first-order valence-electron chi connectivity index (χ1n) is 5.17. The first-order valence-corrected chi connectivity index (χ1v) is 5.17. The van der Waals surface area contributed by atoms with Crippen LogP contribution in [0.3, 0.4) is 0 Å². The van der Waals surface area contributed by atoms with Gasteiger partial charge in [-0.25, -0.2) is 0 Å². The average Bonchev–Trinajstić information content (AvgIpc) is 2.17. The maximum Gasteiger partial charge on any atom is 0.243 e. The zero-order valence-corrected chi connectivity index (χ0v) is 8.75. The van der Waals surface area contributed by atoms with Gasteiger partial charge in [0.25, 0.3) is 0 Å². The van der Waals surface area contributed by atoms with E-state index in [-0.39, 0.29) is 12.5 Å². The Labute approximate surface area is 85.2 Å². The molecule has 1 aliphatic rings. The molecule has 0 aromatic heterocycles. The van der Waals surface area contributed by atoms with Gasteiger partial charge in [0.1, 0.15) is 0 Å². The molecule has 3 nitrogen and oxygen atoms in total. The molecule has 1 aliphatic carbocycles. The molecule has 0 saturated heterocycles. The third-order valence-corrected chi connectivity index (χ3v) is 2.97. The molecule has 0 spiro atoms. The Bertz CT molecular complexity index is 227. The van der Waals surface area contributed by atoms with Gasteiger partial charge in [0.2, 0.25) is 5.91 Å². The van der Waals surface area contributed by atoms with Crippen LogP contribution in [0.15, 0.2) is 12.7 Å². The Morgan fingerprint density at radius 3 is 3.00 bits per heavy atom. The van der Waals surface area contributed by atoms with E-state index in [2.05, 4.69) is 18.8 Å². The minimum atomic E-state index is -0.400. The molecule has 1 rings (SSSR count). The van der Waals surface area contributed by atoms with Crippen LogP contribution in [0, 0.1) is 5.92 Å². The summed E-state index contributed by atoms with van der Waals surface area (Å²) < 4.78 is 0. The zero-order chi connectivity index (χ0) is 10.6. The molecular weight excluding hydrogens is 178 g/mol. The molecule has 0 radical (unpaired) electrons. The molecule has 1 fully saturated rings. The van der Waals surface area contributed by atoms with Crippen molar-refractivity contribution in [2.24, 2.45) is 5.92 Å².